The number of rotatable bonds is 21. The van der Waals surface area contributed by atoms with Crippen LogP contribution in [0.1, 0.15) is 56.7 Å². The first-order valence-electron chi connectivity index (χ1n) is 14.7. The number of carbonyl (C=O) groups is 3. The number of amidine groups is 1. The minimum atomic E-state index is -0.889. The lowest BCUT2D eigenvalue weighted by molar-refractivity contribution is -0.139. The Morgan fingerprint density at radius 3 is 2.07 bits per heavy atom. The first-order chi connectivity index (χ1) is 20.1. The molecule has 1 atom stereocenters. The molecular weight excluding hydrogens is 540 g/mol. The molecule has 1 aliphatic heterocycles. The fourth-order valence-electron chi connectivity index (χ4n) is 4.61. The zero-order valence-corrected chi connectivity index (χ0v) is 25.4. The van der Waals surface area contributed by atoms with Crippen LogP contribution in [0.4, 0.5) is 0 Å². The van der Waals surface area contributed by atoms with E-state index in [4.69, 9.17) is 0 Å². The largest absolute Gasteiger partial charge is 0.480 e. The van der Waals surface area contributed by atoms with E-state index in [1.165, 1.54) is 6.34 Å². The number of aliphatic carboxylic acids is 2. The molecule has 13 nitrogen and oxygen atoms in total. The highest BCUT2D eigenvalue weighted by Crippen LogP contribution is 2.11. The summed E-state index contributed by atoms with van der Waals surface area (Å²) in [4.78, 5) is 41.7. The highest BCUT2D eigenvalue weighted by molar-refractivity contribution is 6.00. The van der Waals surface area contributed by atoms with Crippen molar-refractivity contribution in [1.82, 2.24) is 30.9 Å². The van der Waals surface area contributed by atoms with Crippen molar-refractivity contribution in [2.75, 3.05) is 58.9 Å². The molecule has 0 saturated carbocycles. The molecule has 0 unspecified atom stereocenters. The Labute approximate surface area is 249 Å². The van der Waals surface area contributed by atoms with E-state index >= 15 is 0 Å². The van der Waals surface area contributed by atoms with Gasteiger partial charge in [0.15, 0.2) is 5.84 Å². The van der Waals surface area contributed by atoms with Crippen LogP contribution in [0.15, 0.2) is 28.4 Å². The van der Waals surface area contributed by atoms with Crippen LogP contribution >= 0.6 is 0 Å². The van der Waals surface area contributed by atoms with Crippen LogP contribution in [0.25, 0.3) is 0 Å². The molecule has 0 aliphatic carbocycles. The van der Waals surface area contributed by atoms with Crippen LogP contribution in [0, 0.1) is 12.8 Å². The number of hydrogen-bond acceptors (Lipinski definition) is 10. The molecule has 2 rings (SSSR count). The SMILES string of the molecule is CCCN(CCN(CCN(CC[C@H](C)CC)CC(=O)O)CC(=O)NCc1cc(C)cc(C2=NNC=NN2)c1)CC(=O)O. The van der Waals surface area contributed by atoms with Gasteiger partial charge in [-0.1, -0.05) is 38.8 Å². The van der Waals surface area contributed by atoms with Gasteiger partial charge in [-0.25, -0.2) is 0 Å². The normalized spacial score (nSPS) is 13.5. The molecule has 0 saturated heterocycles. The third-order valence-electron chi connectivity index (χ3n) is 7.09. The van der Waals surface area contributed by atoms with Gasteiger partial charge in [-0.3, -0.25) is 39.9 Å². The molecule has 1 aromatic rings. The third kappa shape index (κ3) is 13.9. The zero-order chi connectivity index (χ0) is 30.9. The molecule has 234 valence electrons. The van der Waals surface area contributed by atoms with E-state index in [9.17, 15) is 24.6 Å². The van der Waals surface area contributed by atoms with Gasteiger partial charge in [0.25, 0.3) is 0 Å². The average Bonchev–Trinajstić information content (AvgIpc) is 2.95. The highest BCUT2D eigenvalue weighted by atomic mass is 16.4. The Hall–Kier alpha value is -3.55. The van der Waals surface area contributed by atoms with Gasteiger partial charge in [0.2, 0.25) is 5.91 Å². The molecule has 5 N–H and O–H groups in total. The quantitative estimate of drug-likeness (QED) is 0.142. The van der Waals surface area contributed by atoms with E-state index in [0.717, 1.165) is 36.0 Å². The fourth-order valence-corrected chi connectivity index (χ4v) is 4.61. The Kier molecular flexibility index (Phi) is 15.5. The predicted molar refractivity (Wildman–Crippen MR) is 163 cm³/mol. The maximum atomic E-state index is 13.1. The molecule has 1 amide bonds. The summed E-state index contributed by atoms with van der Waals surface area (Å²) in [6.07, 6.45) is 4.19. The van der Waals surface area contributed by atoms with E-state index in [2.05, 4.69) is 40.2 Å². The van der Waals surface area contributed by atoms with Gasteiger partial charge in [-0.15, -0.1) is 0 Å². The van der Waals surface area contributed by atoms with Crippen molar-refractivity contribution in [1.29, 1.82) is 0 Å². The summed E-state index contributed by atoms with van der Waals surface area (Å²) in [5, 5.41) is 29.9. The van der Waals surface area contributed by atoms with Crippen LogP contribution in [0.3, 0.4) is 0 Å². The molecule has 0 radical (unpaired) electrons. The average molecular weight is 589 g/mol. The monoisotopic (exact) mass is 588 g/mol. The molecule has 1 aromatic carbocycles. The molecule has 0 fully saturated rings. The molecule has 1 aliphatic rings. The number of hydrazone groups is 2. The maximum absolute atomic E-state index is 13.1. The summed E-state index contributed by atoms with van der Waals surface area (Å²) in [6.45, 7) is 11.8. The lowest BCUT2D eigenvalue weighted by atomic mass is 10.1. The Balaban J connectivity index is 2.06. The van der Waals surface area contributed by atoms with Crippen molar-refractivity contribution in [3.63, 3.8) is 0 Å². The van der Waals surface area contributed by atoms with Crippen molar-refractivity contribution in [3.8, 4) is 0 Å². The number of amides is 1. The lowest BCUT2D eigenvalue weighted by Gasteiger charge is -2.29. The second-order valence-electron chi connectivity index (χ2n) is 10.9. The standard InChI is InChI=1S/C29H48N8O5/c1-5-8-35(19-27(39)40)10-12-37(13-11-36(20-28(41)42)9-7-22(3)6-2)18-26(38)30-17-24-14-23(4)15-25(16-24)29-33-31-21-32-34-29/h14-16,21-22H,5-13,17-20H2,1-4H3,(H,30,38)(H,31,32)(H,33,34)(H,39,40)(H,41,42)/t22-/m1/s1. The summed E-state index contributed by atoms with van der Waals surface area (Å²) in [7, 11) is 0. The number of carboxylic acid groups (broad SMARTS) is 2. The number of nitrogens with one attached hydrogen (secondary N) is 3. The molecule has 42 heavy (non-hydrogen) atoms. The first-order valence-corrected chi connectivity index (χ1v) is 14.7. The smallest absolute Gasteiger partial charge is 0.317 e. The lowest BCUT2D eigenvalue weighted by Crippen LogP contribution is -2.46. The van der Waals surface area contributed by atoms with Gasteiger partial charge < -0.3 is 15.5 Å². The number of nitrogens with zero attached hydrogens (tertiary/aromatic N) is 5. The van der Waals surface area contributed by atoms with E-state index in [-0.39, 0.29) is 25.5 Å². The minimum absolute atomic E-state index is 0.0614. The van der Waals surface area contributed by atoms with Crippen LogP contribution in [0.2, 0.25) is 0 Å². The second-order valence-corrected chi connectivity index (χ2v) is 10.9. The van der Waals surface area contributed by atoms with E-state index < -0.39 is 11.9 Å². The van der Waals surface area contributed by atoms with Crippen molar-refractivity contribution in [2.45, 2.75) is 53.5 Å². The molecular formula is C29H48N8O5. The van der Waals surface area contributed by atoms with Crippen LogP contribution in [-0.4, -0.2) is 114 Å². The van der Waals surface area contributed by atoms with E-state index in [1.807, 2.05) is 46.7 Å². The van der Waals surface area contributed by atoms with Gasteiger partial charge >= 0.3 is 11.9 Å². The Morgan fingerprint density at radius 2 is 1.52 bits per heavy atom. The molecule has 0 bridgehead atoms. The number of carbonyl (C=O) groups excluding carboxylic acids is 1. The minimum Gasteiger partial charge on any atom is -0.480 e. The molecule has 13 heteroatoms. The van der Waals surface area contributed by atoms with Gasteiger partial charge in [0.05, 0.1) is 19.6 Å². The van der Waals surface area contributed by atoms with Gasteiger partial charge in [0, 0.05) is 38.3 Å². The third-order valence-corrected chi connectivity index (χ3v) is 7.09. The second kappa shape index (κ2) is 18.8. The summed E-state index contributed by atoms with van der Waals surface area (Å²) in [5.41, 5.74) is 8.35. The van der Waals surface area contributed by atoms with Gasteiger partial charge in [-0.2, -0.15) is 10.2 Å². The zero-order valence-electron chi connectivity index (χ0n) is 25.4. The predicted octanol–water partition coefficient (Wildman–Crippen LogP) is 1.33. The fraction of sp³-hybridized carbons (Fsp3) is 0.621. The molecule has 0 spiro atoms. The van der Waals surface area contributed by atoms with Gasteiger partial charge in [0.1, 0.15) is 6.34 Å². The van der Waals surface area contributed by atoms with Crippen molar-refractivity contribution in [3.05, 3.63) is 34.9 Å². The van der Waals surface area contributed by atoms with E-state index in [0.29, 0.717) is 57.6 Å². The first kappa shape index (κ1) is 34.7. The number of benzene rings is 1. The van der Waals surface area contributed by atoms with Crippen molar-refractivity contribution < 1.29 is 24.6 Å². The Bertz CT molecular complexity index is 1080. The van der Waals surface area contributed by atoms with Crippen LogP contribution < -0.4 is 16.2 Å². The summed E-state index contributed by atoms with van der Waals surface area (Å²) in [5.74, 6) is -0.860. The maximum Gasteiger partial charge on any atom is 0.317 e. The summed E-state index contributed by atoms with van der Waals surface area (Å²) < 4.78 is 0. The molecule has 0 aromatic heterocycles. The van der Waals surface area contributed by atoms with Crippen molar-refractivity contribution in [2.24, 2.45) is 16.1 Å². The van der Waals surface area contributed by atoms with Gasteiger partial charge in [-0.05, 0) is 56.5 Å². The number of hydrogen-bond donors (Lipinski definition) is 5. The Morgan fingerprint density at radius 1 is 0.905 bits per heavy atom. The van der Waals surface area contributed by atoms with E-state index in [1.54, 1.807) is 0 Å². The molecule has 1 heterocycles. The van der Waals surface area contributed by atoms with Crippen LogP contribution in [-0.2, 0) is 20.9 Å². The van der Waals surface area contributed by atoms with Crippen LogP contribution in [0.5, 0.6) is 0 Å². The topological polar surface area (TPSA) is 162 Å². The number of aryl methyl sites for hydroxylation is 1. The summed E-state index contributed by atoms with van der Waals surface area (Å²) in [6, 6.07) is 5.91. The number of carboxylic acids is 2. The highest BCUT2D eigenvalue weighted by Gasteiger charge is 2.18. The van der Waals surface area contributed by atoms with Crippen molar-refractivity contribution >= 4 is 30.0 Å². The summed E-state index contributed by atoms with van der Waals surface area (Å²) >= 11 is 0.